The van der Waals surface area contributed by atoms with Crippen molar-refractivity contribution in [2.45, 2.75) is 39.3 Å². The molecule has 2 rings (SSSR count). The van der Waals surface area contributed by atoms with Gasteiger partial charge in [-0.25, -0.2) is 4.98 Å². The third-order valence-electron chi connectivity index (χ3n) is 4.05. The van der Waals surface area contributed by atoms with Crippen LogP contribution in [0.25, 0.3) is 0 Å². The van der Waals surface area contributed by atoms with Gasteiger partial charge in [0.1, 0.15) is 11.9 Å². The Labute approximate surface area is 131 Å². The molecule has 0 fully saturated rings. The summed E-state index contributed by atoms with van der Waals surface area (Å²) >= 11 is 0. The van der Waals surface area contributed by atoms with Crippen LogP contribution in [0.15, 0.2) is 18.3 Å². The summed E-state index contributed by atoms with van der Waals surface area (Å²) in [5.41, 5.74) is 1.08. The van der Waals surface area contributed by atoms with Crippen molar-refractivity contribution in [3.63, 3.8) is 0 Å². The first-order valence-electron chi connectivity index (χ1n) is 7.68. The molecule has 0 aliphatic carbocycles. The van der Waals surface area contributed by atoms with Gasteiger partial charge in [-0.1, -0.05) is 19.9 Å². The van der Waals surface area contributed by atoms with Crippen LogP contribution < -0.4 is 15.5 Å². The summed E-state index contributed by atoms with van der Waals surface area (Å²) in [5.74, 6) is 0.460. The molecule has 1 unspecified atom stereocenters. The Morgan fingerprint density at radius 2 is 2.05 bits per heavy atom. The zero-order valence-corrected chi connectivity index (χ0v) is 13.6. The molecular weight excluding hydrogens is 280 g/mol. The molecule has 1 aromatic rings. The molecule has 1 aliphatic heterocycles. The van der Waals surface area contributed by atoms with Crippen LogP contribution in [-0.4, -0.2) is 42.5 Å². The number of carbonyl (C=O) groups is 2. The van der Waals surface area contributed by atoms with Gasteiger partial charge in [0.15, 0.2) is 0 Å². The Balaban J connectivity index is 2.16. The second-order valence-electron chi connectivity index (χ2n) is 5.97. The van der Waals surface area contributed by atoms with E-state index in [1.54, 1.807) is 25.1 Å². The molecule has 2 atom stereocenters. The van der Waals surface area contributed by atoms with Gasteiger partial charge in [-0.2, -0.15) is 0 Å². The van der Waals surface area contributed by atoms with E-state index >= 15 is 0 Å². The minimum atomic E-state index is -0.545. The van der Waals surface area contributed by atoms with Crippen LogP contribution in [0, 0.1) is 5.92 Å². The maximum atomic E-state index is 12.8. The van der Waals surface area contributed by atoms with E-state index in [0.29, 0.717) is 12.4 Å². The highest BCUT2D eigenvalue weighted by molar-refractivity contribution is 6.00. The van der Waals surface area contributed by atoms with Crippen LogP contribution in [0.5, 0.6) is 0 Å². The standard InChI is InChI=1S/C16H24N4O2/c1-10(2)13(19-15(21)11(3)17-4)16(22)20-9-7-12-6-5-8-18-14(12)20/h5-6,8,10-11,13,17H,7,9H2,1-4H3,(H,19,21)/t11-,13?/m0/s1. The van der Waals surface area contributed by atoms with E-state index < -0.39 is 6.04 Å². The third-order valence-corrected chi connectivity index (χ3v) is 4.05. The van der Waals surface area contributed by atoms with Crippen molar-refractivity contribution in [1.29, 1.82) is 0 Å². The highest BCUT2D eigenvalue weighted by Gasteiger charge is 2.34. The van der Waals surface area contributed by atoms with Gasteiger partial charge in [0.25, 0.3) is 5.91 Å². The van der Waals surface area contributed by atoms with Crippen molar-refractivity contribution in [2.75, 3.05) is 18.5 Å². The molecule has 0 spiro atoms. The lowest BCUT2D eigenvalue weighted by Crippen LogP contribution is -2.54. The number of pyridine rings is 1. The molecular formula is C16H24N4O2. The number of amides is 2. The number of fused-ring (bicyclic) bond motifs is 1. The predicted octanol–water partition coefficient (Wildman–Crippen LogP) is 0.719. The third kappa shape index (κ3) is 3.27. The van der Waals surface area contributed by atoms with E-state index in [4.69, 9.17) is 0 Å². The normalized spacial score (nSPS) is 16.3. The fourth-order valence-corrected chi connectivity index (χ4v) is 2.51. The van der Waals surface area contributed by atoms with Crippen molar-refractivity contribution in [2.24, 2.45) is 5.92 Å². The molecule has 1 aliphatic rings. The first-order valence-corrected chi connectivity index (χ1v) is 7.68. The minimum absolute atomic E-state index is 0.00766. The van der Waals surface area contributed by atoms with E-state index in [0.717, 1.165) is 12.0 Å². The monoisotopic (exact) mass is 304 g/mol. The SMILES string of the molecule is CN[C@@H](C)C(=O)NC(C(=O)N1CCc2cccnc21)C(C)C. The fourth-order valence-electron chi connectivity index (χ4n) is 2.51. The average molecular weight is 304 g/mol. The van der Waals surface area contributed by atoms with Crippen molar-refractivity contribution in [3.05, 3.63) is 23.9 Å². The van der Waals surface area contributed by atoms with Gasteiger partial charge in [-0.3, -0.25) is 14.5 Å². The zero-order chi connectivity index (χ0) is 16.3. The van der Waals surface area contributed by atoms with E-state index in [2.05, 4.69) is 15.6 Å². The lowest BCUT2D eigenvalue weighted by molar-refractivity contribution is -0.129. The summed E-state index contributed by atoms with van der Waals surface area (Å²) in [5, 5.41) is 5.74. The number of carbonyl (C=O) groups excluding carboxylic acids is 2. The Hall–Kier alpha value is -1.95. The Bertz CT molecular complexity index is 559. The molecule has 2 N–H and O–H groups in total. The zero-order valence-electron chi connectivity index (χ0n) is 13.6. The van der Waals surface area contributed by atoms with Gasteiger partial charge in [0.05, 0.1) is 6.04 Å². The molecule has 2 heterocycles. The smallest absolute Gasteiger partial charge is 0.250 e. The lowest BCUT2D eigenvalue weighted by Gasteiger charge is -2.27. The topological polar surface area (TPSA) is 74.3 Å². The highest BCUT2D eigenvalue weighted by Crippen LogP contribution is 2.26. The quantitative estimate of drug-likeness (QED) is 0.840. The fraction of sp³-hybridized carbons (Fsp3) is 0.562. The summed E-state index contributed by atoms with van der Waals surface area (Å²) in [6.07, 6.45) is 2.50. The number of anilines is 1. The van der Waals surface area contributed by atoms with Crippen LogP contribution >= 0.6 is 0 Å². The molecule has 6 nitrogen and oxygen atoms in total. The molecule has 22 heavy (non-hydrogen) atoms. The van der Waals surface area contributed by atoms with Crippen molar-refractivity contribution < 1.29 is 9.59 Å². The number of rotatable bonds is 5. The maximum absolute atomic E-state index is 12.8. The second-order valence-corrected chi connectivity index (χ2v) is 5.97. The number of likely N-dealkylation sites (N-methyl/N-ethyl adjacent to an activating group) is 1. The van der Waals surface area contributed by atoms with E-state index in [1.165, 1.54) is 0 Å². The average Bonchev–Trinajstić information content (AvgIpc) is 2.94. The van der Waals surface area contributed by atoms with E-state index in [9.17, 15) is 9.59 Å². The molecule has 0 saturated heterocycles. The minimum Gasteiger partial charge on any atom is -0.343 e. The molecule has 0 aromatic carbocycles. The van der Waals surface area contributed by atoms with E-state index in [1.807, 2.05) is 26.0 Å². The predicted molar refractivity (Wildman–Crippen MR) is 85.6 cm³/mol. The number of hydrogen-bond acceptors (Lipinski definition) is 4. The Morgan fingerprint density at radius 1 is 1.32 bits per heavy atom. The number of nitrogens with one attached hydrogen (secondary N) is 2. The van der Waals surface area contributed by atoms with Crippen molar-refractivity contribution >= 4 is 17.6 Å². The number of hydrogen-bond donors (Lipinski definition) is 2. The first-order chi connectivity index (χ1) is 10.5. The summed E-state index contributed by atoms with van der Waals surface area (Å²) < 4.78 is 0. The number of aromatic nitrogens is 1. The largest absolute Gasteiger partial charge is 0.343 e. The summed E-state index contributed by atoms with van der Waals surface area (Å²) in [6, 6.07) is 2.99. The molecule has 6 heteroatoms. The molecule has 2 amide bonds. The highest BCUT2D eigenvalue weighted by atomic mass is 16.2. The van der Waals surface area contributed by atoms with Crippen molar-refractivity contribution in [1.82, 2.24) is 15.6 Å². The molecule has 120 valence electrons. The van der Waals surface area contributed by atoms with Gasteiger partial charge in [0.2, 0.25) is 5.91 Å². The lowest BCUT2D eigenvalue weighted by atomic mass is 10.0. The summed E-state index contributed by atoms with van der Waals surface area (Å²) in [7, 11) is 1.72. The molecule has 0 radical (unpaired) electrons. The molecule has 1 aromatic heterocycles. The number of nitrogens with zero attached hydrogens (tertiary/aromatic N) is 2. The van der Waals surface area contributed by atoms with Crippen LogP contribution in [0.3, 0.4) is 0 Å². The molecule has 0 bridgehead atoms. The van der Waals surface area contributed by atoms with Crippen LogP contribution in [0.2, 0.25) is 0 Å². The second kappa shape index (κ2) is 6.87. The van der Waals surface area contributed by atoms with Crippen LogP contribution in [-0.2, 0) is 16.0 Å². The van der Waals surface area contributed by atoms with Crippen LogP contribution in [0.4, 0.5) is 5.82 Å². The Kier molecular flexibility index (Phi) is 5.13. The van der Waals surface area contributed by atoms with E-state index in [-0.39, 0.29) is 23.8 Å². The first kappa shape index (κ1) is 16.4. The van der Waals surface area contributed by atoms with Gasteiger partial charge < -0.3 is 10.6 Å². The Morgan fingerprint density at radius 3 is 2.68 bits per heavy atom. The van der Waals surface area contributed by atoms with Crippen LogP contribution in [0.1, 0.15) is 26.3 Å². The summed E-state index contributed by atoms with van der Waals surface area (Å²) in [4.78, 5) is 30.9. The van der Waals surface area contributed by atoms with Crippen molar-refractivity contribution in [3.8, 4) is 0 Å². The van der Waals surface area contributed by atoms with Gasteiger partial charge in [-0.15, -0.1) is 0 Å². The van der Waals surface area contributed by atoms with Gasteiger partial charge in [0, 0.05) is 12.7 Å². The maximum Gasteiger partial charge on any atom is 0.250 e. The molecule has 0 saturated carbocycles. The van der Waals surface area contributed by atoms with Gasteiger partial charge in [-0.05, 0) is 37.9 Å². The van der Waals surface area contributed by atoms with Gasteiger partial charge >= 0.3 is 0 Å². The summed E-state index contributed by atoms with van der Waals surface area (Å²) in [6.45, 7) is 6.25.